The van der Waals surface area contributed by atoms with Gasteiger partial charge in [-0.1, -0.05) is 37.5 Å². The number of nitrogens with zero attached hydrogens (tertiary/aromatic N) is 1. The second-order valence-corrected chi connectivity index (χ2v) is 5.73. The molecule has 4 N–H and O–H groups in total. The smallest absolute Gasteiger partial charge is 0.0743 e. The van der Waals surface area contributed by atoms with E-state index in [-0.39, 0.29) is 12.1 Å². The van der Waals surface area contributed by atoms with Gasteiger partial charge in [0.05, 0.1) is 35.2 Å². The van der Waals surface area contributed by atoms with Gasteiger partial charge in [-0.2, -0.15) is 0 Å². The molecule has 4 nitrogen and oxygen atoms in total. The number of aromatic nitrogens is 1. The van der Waals surface area contributed by atoms with Crippen molar-refractivity contribution in [3.8, 4) is 0 Å². The van der Waals surface area contributed by atoms with Crippen molar-refractivity contribution in [3.63, 3.8) is 0 Å². The number of benzene rings is 1. The van der Waals surface area contributed by atoms with Gasteiger partial charge in [-0.05, 0) is 18.9 Å². The summed E-state index contributed by atoms with van der Waals surface area (Å²) in [6, 6.07) is 7.96. The predicted molar refractivity (Wildman–Crippen MR) is 82.7 cm³/mol. The summed E-state index contributed by atoms with van der Waals surface area (Å²) in [4.78, 5) is 4.36. The molecular formula is C16H21N3O. The van der Waals surface area contributed by atoms with Crippen LogP contribution >= 0.6 is 0 Å². The molecule has 1 heterocycles. The van der Waals surface area contributed by atoms with Crippen molar-refractivity contribution in [2.45, 2.75) is 37.6 Å². The van der Waals surface area contributed by atoms with Gasteiger partial charge in [-0.15, -0.1) is 0 Å². The fourth-order valence-corrected chi connectivity index (χ4v) is 3.11. The highest BCUT2D eigenvalue weighted by Crippen LogP contribution is 2.36. The molecular weight excluding hydrogens is 250 g/mol. The van der Waals surface area contributed by atoms with Crippen LogP contribution in [0.4, 0.5) is 11.4 Å². The predicted octanol–water partition coefficient (Wildman–Crippen LogP) is 2.92. The molecule has 0 saturated heterocycles. The second kappa shape index (κ2) is 5.29. The summed E-state index contributed by atoms with van der Waals surface area (Å²) in [6.45, 7) is 0.142. The molecule has 1 fully saturated rings. The van der Waals surface area contributed by atoms with Crippen molar-refractivity contribution in [2.75, 3.05) is 17.7 Å². The number of nitrogens with two attached hydrogens (primary N) is 1. The number of hydrogen-bond donors (Lipinski definition) is 3. The Kier molecular flexibility index (Phi) is 3.49. The van der Waals surface area contributed by atoms with E-state index in [0.717, 1.165) is 42.3 Å². The van der Waals surface area contributed by atoms with Gasteiger partial charge in [0.15, 0.2) is 0 Å². The molecule has 1 aliphatic rings. The summed E-state index contributed by atoms with van der Waals surface area (Å²) in [6.07, 6.45) is 7.21. The van der Waals surface area contributed by atoms with Crippen LogP contribution in [0.2, 0.25) is 0 Å². The monoisotopic (exact) mass is 271 g/mol. The quantitative estimate of drug-likeness (QED) is 0.802. The summed E-state index contributed by atoms with van der Waals surface area (Å²) in [7, 11) is 0. The van der Waals surface area contributed by atoms with E-state index in [4.69, 9.17) is 5.73 Å². The number of nitrogen functional groups attached to an aromatic ring is 1. The van der Waals surface area contributed by atoms with E-state index in [1.54, 1.807) is 6.20 Å². The number of fused-ring (bicyclic) bond motifs is 1. The van der Waals surface area contributed by atoms with Crippen molar-refractivity contribution in [1.29, 1.82) is 0 Å². The maximum Gasteiger partial charge on any atom is 0.0743 e. The van der Waals surface area contributed by atoms with Crippen LogP contribution in [0, 0.1) is 0 Å². The average molecular weight is 271 g/mol. The molecule has 1 aliphatic carbocycles. The highest BCUT2D eigenvalue weighted by atomic mass is 16.3. The molecule has 2 aromatic rings. The number of nitrogens with one attached hydrogen (secondary N) is 1. The largest absolute Gasteiger partial charge is 0.396 e. The molecule has 1 saturated carbocycles. The lowest BCUT2D eigenvalue weighted by molar-refractivity contribution is 0.173. The van der Waals surface area contributed by atoms with Gasteiger partial charge in [0, 0.05) is 5.39 Å². The zero-order valence-electron chi connectivity index (χ0n) is 11.6. The third-order valence-electron chi connectivity index (χ3n) is 4.31. The molecule has 0 radical (unpaired) electrons. The minimum absolute atomic E-state index is 0.142. The van der Waals surface area contributed by atoms with Crippen LogP contribution in [0.15, 0.2) is 30.5 Å². The third-order valence-corrected chi connectivity index (χ3v) is 4.31. The van der Waals surface area contributed by atoms with Gasteiger partial charge < -0.3 is 16.2 Å². The van der Waals surface area contributed by atoms with Crippen LogP contribution < -0.4 is 11.1 Å². The highest BCUT2D eigenvalue weighted by molar-refractivity contribution is 5.97. The number of rotatable bonds is 3. The molecule has 0 atom stereocenters. The van der Waals surface area contributed by atoms with E-state index >= 15 is 0 Å². The number of hydrogen-bond acceptors (Lipinski definition) is 4. The number of aliphatic hydroxyl groups is 1. The molecule has 0 bridgehead atoms. The fourth-order valence-electron chi connectivity index (χ4n) is 3.11. The molecule has 0 aliphatic heterocycles. The number of aliphatic hydroxyl groups excluding tert-OH is 1. The lowest BCUT2D eigenvalue weighted by Gasteiger charge is -2.38. The van der Waals surface area contributed by atoms with E-state index < -0.39 is 0 Å². The summed E-state index contributed by atoms with van der Waals surface area (Å²) in [5.41, 5.74) is 8.35. The summed E-state index contributed by atoms with van der Waals surface area (Å²) >= 11 is 0. The molecule has 1 aromatic carbocycles. The van der Waals surface area contributed by atoms with Crippen LogP contribution in [0.25, 0.3) is 10.9 Å². The molecule has 0 amide bonds. The molecule has 106 valence electrons. The molecule has 20 heavy (non-hydrogen) atoms. The lowest BCUT2D eigenvalue weighted by Crippen LogP contribution is -2.44. The van der Waals surface area contributed by atoms with Crippen LogP contribution in [0.3, 0.4) is 0 Å². The molecule has 3 rings (SSSR count). The minimum atomic E-state index is -0.240. The van der Waals surface area contributed by atoms with E-state index in [9.17, 15) is 5.11 Å². The zero-order valence-corrected chi connectivity index (χ0v) is 11.6. The first-order valence-electron chi connectivity index (χ1n) is 7.26. The van der Waals surface area contributed by atoms with Crippen molar-refractivity contribution in [2.24, 2.45) is 0 Å². The van der Waals surface area contributed by atoms with E-state index in [1.165, 1.54) is 6.42 Å². The Morgan fingerprint density at radius 2 is 1.95 bits per heavy atom. The standard InChI is InChI=1S/C16H21N3O/c17-13-10-18-14-7-3-2-6-12(14)15(13)19-16(11-20)8-4-1-5-9-16/h2-3,6-7,10,20H,1,4-5,8-9,11,17H2,(H,18,19). The van der Waals surface area contributed by atoms with Gasteiger partial charge in [0.2, 0.25) is 0 Å². The summed E-state index contributed by atoms with van der Waals surface area (Å²) in [5, 5.41) is 14.4. The van der Waals surface area contributed by atoms with Gasteiger partial charge >= 0.3 is 0 Å². The molecule has 0 unspecified atom stereocenters. The first kappa shape index (κ1) is 13.2. The topological polar surface area (TPSA) is 71.2 Å². The Hall–Kier alpha value is -1.81. The van der Waals surface area contributed by atoms with Crippen LogP contribution in [0.1, 0.15) is 32.1 Å². The van der Waals surface area contributed by atoms with Crippen LogP contribution in [-0.2, 0) is 0 Å². The SMILES string of the molecule is Nc1cnc2ccccc2c1NC1(CO)CCCCC1. The van der Waals surface area contributed by atoms with E-state index in [0.29, 0.717) is 5.69 Å². The Morgan fingerprint density at radius 3 is 2.70 bits per heavy atom. The maximum absolute atomic E-state index is 9.85. The number of pyridine rings is 1. The van der Waals surface area contributed by atoms with Gasteiger partial charge in [-0.3, -0.25) is 4.98 Å². The summed E-state index contributed by atoms with van der Waals surface area (Å²) < 4.78 is 0. The molecule has 4 heteroatoms. The van der Waals surface area contributed by atoms with Gasteiger partial charge in [-0.25, -0.2) is 0 Å². The minimum Gasteiger partial charge on any atom is -0.396 e. The molecule has 1 aromatic heterocycles. The van der Waals surface area contributed by atoms with Crippen molar-refractivity contribution in [3.05, 3.63) is 30.5 Å². The van der Waals surface area contributed by atoms with Crippen molar-refractivity contribution < 1.29 is 5.11 Å². The lowest BCUT2D eigenvalue weighted by atomic mass is 9.82. The zero-order chi connectivity index (χ0) is 14.0. The van der Waals surface area contributed by atoms with Crippen molar-refractivity contribution in [1.82, 2.24) is 4.98 Å². The van der Waals surface area contributed by atoms with E-state index in [2.05, 4.69) is 10.3 Å². The Labute approximate surface area is 119 Å². The first-order chi connectivity index (χ1) is 9.74. The number of anilines is 2. The van der Waals surface area contributed by atoms with E-state index in [1.807, 2.05) is 24.3 Å². The Morgan fingerprint density at radius 1 is 1.20 bits per heavy atom. The second-order valence-electron chi connectivity index (χ2n) is 5.73. The van der Waals surface area contributed by atoms with Gasteiger partial charge in [0.1, 0.15) is 0 Å². The number of para-hydroxylation sites is 1. The normalized spacial score (nSPS) is 18.1. The molecule has 0 spiro atoms. The highest BCUT2D eigenvalue weighted by Gasteiger charge is 2.32. The average Bonchev–Trinajstić information content (AvgIpc) is 2.51. The Bertz CT molecular complexity index is 606. The first-order valence-corrected chi connectivity index (χ1v) is 7.26. The van der Waals surface area contributed by atoms with Crippen LogP contribution in [0.5, 0.6) is 0 Å². The fraction of sp³-hybridized carbons (Fsp3) is 0.438. The Balaban J connectivity index is 2.03. The van der Waals surface area contributed by atoms with Gasteiger partial charge in [0.25, 0.3) is 0 Å². The maximum atomic E-state index is 9.85. The third kappa shape index (κ3) is 2.31. The van der Waals surface area contributed by atoms with Crippen LogP contribution in [-0.4, -0.2) is 22.2 Å². The summed E-state index contributed by atoms with van der Waals surface area (Å²) in [5.74, 6) is 0. The van der Waals surface area contributed by atoms with Crippen molar-refractivity contribution >= 4 is 22.3 Å².